The average molecular weight is 270 g/mol. The van der Waals surface area contributed by atoms with Gasteiger partial charge in [0.15, 0.2) is 0 Å². The predicted molar refractivity (Wildman–Crippen MR) is 72.2 cm³/mol. The summed E-state index contributed by atoms with van der Waals surface area (Å²) in [6.45, 7) is 4.78. The quantitative estimate of drug-likeness (QED) is 0.766. The Balaban J connectivity index is 2.54. The maximum Gasteiger partial charge on any atom is 0.322 e. The van der Waals surface area contributed by atoms with Gasteiger partial charge in [0.05, 0.1) is 25.1 Å². The number of aryl methyl sites for hydroxylation is 1. The van der Waals surface area contributed by atoms with Gasteiger partial charge in [0.2, 0.25) is 0 Å². The van der Waals surface area contributed by atoms with E-state index in [1.165, 1.54) is 0 Å². The van der Waals surface area contributed by atoms with Gasteiger partial charge in [-0.2, -0.15) is 5.10 Å². The largest absolute Gasteiger partial charge is 0.383 e. The summed E-state index contributed by atoms with van der Waals surface area (Å²) in [5.41, 5.74) is 0.687. The SMILES string of the molecule is CCn1cc(NC(=O)N(CCOC)CCOC)cn1. The molecule has 0 saturated heterocycles. The van der Waals surface area contributed by atoms with Crippen molar-refractivity contribution in [1.29, 1.82) is 0 Å². The zero-order chi connectivity index (χ0) is 14.1. The Kier molecular flexibility index (Phi) is 6.91. The number of anilines is 1. The van der Waals surface area contributed by atoms with E-state index in [1.54, 1.807) is 36.2 Å². The fourth-order valence-electron chi connectivity index (χ4n) is 1.52. The van der Waals surface area contributed by atoms with Crippen molar-refractivity contribution >= 4 is 11.7 Å². The number of urea groups is 1. The van der Waals surface area contributed by atoms with E-state index in [4.69, 9.17) is 9.47 Å². The lowest BCUT2D eigenvalue weighted by Crippen LogP contribution is -2.39. The third kappa shape index (κ3) is 5.27. The lowest BCUT2D eigenvalue weighted by molar-refractivity contribution is 0.127. The number of aromatic nitrogens is 2. The Morgan fingerprint density at radius 2 is 2.00 bits per heavy atom. The summed E-state index contributed by atoms with van der Waals surface area (Å²) in [7, 11) is 3.22. The Morgan fingerprint density at radius 3 is 2.47 bits per heavy atom. The van der Waals surface area contributed by atoms with Gasteiger partial charge in [-0.1, -0.05) is 0 Å². The van der Waals surface area contributed by atoms with Gasteiger partial charge in [-0.25, -0.2) is 4.79 Å². The van der Waals surface area contributed by atoms with Crippen molar-refractivity contribution in [1.82, 2.24) is 14.7 Å². The predicted octanol–water partition coefficient (Wildman–Crippen LogP) is 1.03. The zero-order valence-electron chi connectivity index (χ0n) is 11.8. The number of carbonyl (C=O) groups is 1. The first kappa shape index (κ1) is 15.5. The zero-order valence-corrected chi connectivity index (χ0v) is 11.8. The van der Waals surface area contributed by atoms with Crippen molar-refractivity contribution in [3.8, 4) is 0 Å². The molecule has 0 aromatic carbocycles. The van der Waals surface area contributed by atoms with Crippen LogP contribution in [-0.4, -0.2) is 61.2 Å². The Bertz CT molecular complexity index is 373. The molecule has 0 radical (unpaired) electrons. The fourth-order valence-corrected chi connectivity index (χ4v) is 1.52. The molecule has 1 aromatic heterocycles. The number of hydrogen-bond donors (Lipinski definition) is 1. The maximum atomic E-state index is 12.1. The van der Waals surface area contributed by atoms with Gasteiger partial charge in [-0.05, 0) is 6.92 Å². The number of hydrogen-bond acceptors (Lipinski definition) is 4. The van der Waals surface area contributed by atoms with E-state index in [2.05, 4.69) is 10.4 Å². The second-order valence-corrected chi connectivity index (χ2v) is 3.99. The van der Waals surface area contributed by atoms with E-state index in [1.807, 2.05) is 6.92 Å². The molecule has 1 N–H and O–H groups in total. The third-order valence-electron chi connectivity index (χ3n) is 2.63. The van der Waals surface area contributed by atoms with Crippen LogP contribution in [0.3, 0.4) is 0 Å². The van der Waals surface area contributed by atoms with E-state index in [9.17, 15) is 4.79 Å². The second-order valence-electron chi connectivity index (χ2n) is 3.99. The molecule has 0 fully saturated rings. The topological polar surface area (TPSA) is 68.6 Å². The molecule has 0 bridgehead atoms. The normalized spacial score (nSPS) is 10.5. The van der Waals surface area contributed by atoms with Crippen LogP contribution in [0.5, 0.6) is 0 Å². The van der Waals surface area contributed by atoms with E-state index in [-0.39, 0.29) is 6.03 Å². The number of amides is 2. The molecule has 7 heteroatoms. The number of carbonyl (C=O) groups excluding carboxylic acids is 1. The molecule has 0 saturated carbocycles. The lowest BCUT2D eigenvalue weighted by Gasteiger charge is -2.21. The molecule has 0 aliphatic heterocycles. The van der Waals surface area contributed by atoms with Gasteiger partial charge in [0.1, 0.15) is 0 Å². The van der Waals surface area contributed by atoms with Crippen LogP contribution in [0.4, 0.5) is 10.5 Å². The summed E-state index contributed by atoms with van der Waals surface area (Å²) in [5.74, 6) is 0. The average Bonchev–Trinajstić information content (AvgIpc) is 2.86. The van der Waals surface area contributed by atoms with Crippen LogP contribution in [0.15, 0.2) is 12.4 Å². The number of rotatable bonds is 8. The highest BCUT2D eigenvalue weighted by Gasteiger charge is 2.13. The van der Waals surface area contributed by atoms with E-state index in [0.717, 1.165) is 6.54 Å². The minimum absolute atomic E-state index is 0.176. The van der Waals surface area contributed by atoms with Crippen LogP contribution in [0.25, 0.3) is 0 Å². The minimum atomic E-state index is -0.176. The smallest absolute Gasteiger partial charge is 0.322 e. The van der Waals surface area contributed by atoms with Crippen molar-refractivity contribution in [2.75, 3.05) is 45.8 Å². The molecule has 1 rings (SSSR count). The van der Waals surface area contributed by atoms with Crippen LogP contribution >= 0.6 is 0 Å². The standard InChI is InChI=1S/C12H22N4O3/c1-4-16-10-11(9-13-16)14-12(17)15(5-7-18-2)6-8-19-3/h9-10H,4-8H2,1-3H3,(H,14,17). The number of methoxy groups -OCH3 is 2. The van der Waals surface area contributed by atoms with Gasteiger partial charge in [0, 0.05) is 40.1 Å². The molecule has 2 amide bonds. The lowest BCUT2D eigenvalue weighted by atomic mass is 10.5. The summed E-state index contributed by atoms with van der Waals surface area (Å²) in [6, 6.07) is -0.176. The van der Waals surface area contributed by atoms with Gasteiger partial charge >= 0.3 is 6.03 Å². The number of nitrogens with one attached hydrogen (secondary N) is 1. The van der Waals surface area contributed by atoms with Crippen molar-refractivity contribution in [3.63, 3.8) is 0 Å². The molecule has 19 heavy (non-hydrogen) atoms. The van der Waals surface area contributed by atoms with Crippen LogP contribution in [0.1, 0.15) is 6.92 Å². The highest BCUT2D eigenvalue weighted by atomic mass is 16.5. The first-order chi connectivity index (χ1) is 9.21. The van der Waals surface area contributed by atoms with Gasteiger partial charge in [0.25, 0.3) is 0 Å². The first-order valence-electron chi connectivity index (χ1n) is 6.27. The Labute approximate surface area is 113 Å². The van der Waals surface area contributed by atoms with Crippen molar-refractivity contribution in [3.05, 3.63) is 12.4 Å². The molecule has 0 aliphatic rings. The van der Waals surface area contributed by atoms with E-state index in [0.29, 0.717) is 32.0 Å². The van der Waals surface area contributed by atoms with Gasteiger partial charge < -0.3 is 19.7 Å². The molecule has 0 atom stereocenters. The highest BCUT2D eigenvalue weighted by Crippen LogP contribution is 2.06. The third-order valence-corrected chi connectivity index (χ3v) is 2.63. The van der Waals surface area contributed by atoms with Gasteiger partial charge in [-0.15, -0.1) is 0 Å². The summed E-state index contributed by atoms with van der Waals surface area (Å²) in [4.78, 5) is 13.7. The van der Waals surface area contributed by atoms with Gasteiger partial charge in [-0.3, -0.25) is 4.68 Å². The number of nitrogens with zero attached hydrogens (tertiary/aromatic N) is 3. The molecule has 1 heterocycles. The molecule has 0 spiro atoms. The minimum Gasteiger partial charge on any atom is -0.383 e. The first-order valence-corrected chi connectivity index (χ1v) is 6.27. The second kappa shape index (κ2) is 8.49. The van der Waals surface area contributed by atoms with Crippen LogP contribution in [0, 0.1) is 0 Å². The Morgan fingerprint density at radius 1 is 1.37 bits per heavy atom. The molecule has 0 aliphatic carbocycles. The molecular weight excluding hydrogens is 248 g/mol. The van der Waals surface area contributed by atoms with Crippen molar-refractivity contribution in [2.45, 2.75) is 13.5 Å². The summed E-state index contributed by atoms with van der Waals surface area (Å²) >= 11 is 0. The monoisotopic (exact) mass is 270 g/mol. The van der Waals surface area contributed by atoms with E-state index < -0.39 is 0 Å². The fraction of sp³-hybridized carbons (Fsp3) is 0.667. The molecule has 0 unspecified atom stereocenters. The summed E-state index contributed by atoms with van der Waals surface area (Å²) in [6.07, 6.45) is 3.43. The van der Waals surface area contributed by atoms with Crippen LogP contribution < -0.4 is 5.32 Å². The summed E-state index contributed by atoms with van der Waals surface area (Å²) < 4.78 is 11.7. The van der Waals surface area contributed by atoms with Crippen LogP contribution in [0.2, 0.25) is 0 Å². The van der Waals surface area contributed by atoms with Crippen molar-refractivity contribution in [2.24, 2.45) is 0 Å². The molecular formula is C12H22N4O3. The van der Waals surface area contributed by atoms with Crippen molar-refractivity contribution < 1.29 is 14.3 Å². The Hall–Kier alpha value is -1.60. The summed E-state index contributed by atoms with van der Waals surface area (Å²) in [5, 5.41) is 6.91. The molecule has 1 aromatic rings. The van der Waals surface area contributed by atoms with Crippen LogP contribution in [-0.2, 0) is 16.0 Å². The molecule has 7 nitrogen and oxygen atoms in total. The highest BCUT2D eigenvalue weighted by molar-refractivity contribution is 5.89. The maximum absolute atomic E-state index is 12.1. The van der Waals surface area contributed by atoms with E-state index >= 15 is 0 Å². The molecule has 108 valence electrons. The number of ether oxygens (including phenoxy) is 2.